The molecule has 0 heterocycles. The van der Waals surface area contributed by atoms with E-state index < -0.39 is 0 Å². The molecule has 3 rings (SSSR count). The summed E-state index contributed by atoms with van der Waals surface area (Å²) in [5.41, 5.74) is 0.924. The van der Waals surface area contributed by atoms with Crippen LogP contribution in [-0.2, 0) is 4.79 Å². The molecular weight excluding hydrogens is 260 g/mol. The van der Waals surface area contributed by atoms with Crippen LogP contribution < -0.4 is 4.74 Å². The van der Waals surface area contributed by atoms with Crippen molar-refractivity contribution >= 4 is 17.4 Å². The lowest BCUT2D eigenvalue weighted by atomic mass is 9.57. The SMILES string of the molecule is Cc1ccc(Cl)c(OC2CC(=O)C23CCCCC3)c1. The van der Waals surface area contributed by atoms with Gasteiger partial charge < -0.3 is 4.74 Å². The fraction of sp³-hybridized carbons (Fsp3) is 0.562. The van der Waals surface area contributed by atoms with Gasteiger partial charge in [-0.05, 0) is 37.5 Å². The van der Waals surface area contributed by atoms with Crippen LogP contribution in [0.1, 0.15) is 44.1 Å². The van der Waals surface area contributed by atoms with E-state index in [0.29, 0.717) is 17.2 Å². The Bertz CT molecular complexity index is 503. The molecule has 2 fully saturated rings. The molecule has 2 saturated carbocycles. The number of aryl methyl sites for hydroxylation is 1. The molecule has 0 saturated heterocycles. The van der Waals surface area contributed by atoms with Crippen molar-refractivity contribution in [2.24, 2.45) is 5.41 Å². The van der Waals surface area contributed by atoms with E-state index in [1.54, 1.807) is 0 Å². The van der Waals surface area contributed by atoms with Crippen molar-refractivity contribution in [2.75, 3.05) is 0 Å². The first-order chi connectivity index (χ1) is 9.12. The van der Waals surface area contributed by atoms with Gasteiger partial charge in [-0.25, -0.2) is 0 Å². The molecule has 2 aliphatic carbocycles. The Labute approximate surface area is 119 Å². The molecule has 0 radical (unpaired) electrons. The van der Waals surface area contributed by atoms with Crippen molar-refractivity contribution in [1.29, 1.82) is 0 Å². The Kier molecular flexibility index (Phi) is 3.30. The summed E-state index contributed by atoms with van der Waals surface area (Å²) in [7, 11) is 0. The van der Waals surface area contributed by atoms with Gasteiger partial charge in [-0.3, -0.25) is 4.79 Å². The Balaban J connectivity index is 1.80. The average Bonchev–Trinajstić information content (AvgIpc) is 2.43. The minimum Gasteiger partial charge on any atom is -0.487 e. The fourth-order valence-electron chi connectivity index (χ4n) is 3.41. The maximum Gasteiger partial charge on any atom is 0.146 e. The van der Waals surface area contributed by atoms with Gasteiger partial charge in [0.05, 0.1) is 10.4 Å². The highest BCUT2D eigenvalue weighted by molar-refractivity contribution is 6.32. The van der Waals surface area contributed by atoms with E-state index in [4.69, 9.17) is 16.3 Å². The molecule has 0 bridgehead atoms. The van der Waals surface area contributed by atoms with E-state index >= 15 is 0 Å². The minimum absolute atomic E-state index is 0.0274. The Morgan fingerprint density at radius 2 is 2.00 bits per heavy atom. The van der Waals surface area contributed by atoms with E-state index in [0.717, 1.165) is 37.0 Å². The van der Waals surface area contributed by atoms with Crippen LogP contribution in [0.15, 0.2) is 18.2 Å². The smallest absolute Gasteiger partial charge is 0.146 e. The molecule has 3 heteroatoms. The standard InChI is InChI=1S/C16H19ClO2/c1-11-5-6-12(17)13(9-11)19-15-10-14(18)16(15)7-3-2-4-8-16/h5-6,9,15H,2-4,7-8,10H2,1H3. The topological polar surface area (TPSA) is 26.3 Å². The van der Waals surface area contributed by atoms with Crippen LogP contribution in [0.2, 0.25) is 5.02 Å². The van der Waals surface area contributed by atoms with E-state index in [1.807, 2.05) is 25.1 Å². The Hall–Kier alpha value is -1.02. The highest BCUT2D eigenvalue weighted by Gasteiger charge is 2.56. The number of ether oxygens (including phenoxy) is 1. The van der Waals surface area contributed by atoms with Gasteiger partial charge in [0.25, 0.3) is 0 Å². The van der Waals surface area contributed by atoms with Crippen LogP contribution in [-0.4, -0.2) is 11.9 Å². The summed E-state index contributed by atoms with van der Waals surface area (Å²) in [5.74, 6) is 1.12. The zero-order valence-corrected chi connectivity index (χ0v) is 12.0. The van der Waals surface area contributed by atoms with E-state index in [-0.39, 0.29) is 11.5 Å². The summed E-state index contributed by atoms with van der Waals surface area (Å²) in [5, 5.41) is 0.635. The summed E-state index contributed by atoms with van der Waals surface area (Å²) in [6, 6.07) is 5.79. The van der Waals surface area contributed by atoms with Gasteiger partial charge >= 0.3 is 0 Å². The minimum atomic E-state index is -0.203. The largest absolute Gasteiger partial charge is 0.487 e. The van der Waals surface area contributed by atoms with Crippen LogP contribution >= 0.6 is 11.6 Å². The lowest BCUT2D eigenvalue weighted by Gasteiger charge is -2.49. The maximum atomic E-state index is 12.0. The number of hydrogen-bond donors (Lipinski definition) is 0. The molecule has 2 aliphatic rings. The molecule has 1 aromatic rings. The zero-order valence-electron chi connectivity index (χ0n) is 11.2. The second-order valence-electron chi connectivity index (χ2n) is 5.88. The zero-order chi connectivity index (χ0) is 13.5. The number of hydrogen-bond acceptors (Lipinski definition) is 2. The number of carbonyl (C=O) groups excluding carboxylic acids is 1. The van der Waals surface area contributed by atoms with E-state index in [1.165, 1.54) is 6.42 Å². The summed E-state index contributed by atoms with van der Waals surface area (Å²) in [6.45, 7) is 2.02. The lowest BCUT2D eigenvalue weighted by Crippen LogP contribution is -2.57. The number of halogens is 1. The Morgan fingerprint density at radius 1 is 1.26 bits per heavy atom. The van der Waals surface area contributed by atoms with Gasteiger partial charge in [0.15, 0.2) is 0 Å². The van der Waals surface area contributed by atoms with E-state index in [9.17, 15) is 4.79 Å². The molecule has 2 nitrogen and oxygen atoms in total. The Morgan fingerprint density at radius 3 is 2.68 bits per heavy atom. The lowest BCUT2D eigenvalue weighted by molar-refractivity contribution is -0.156. The molecule has 1 spiro atoms. The predicted molar refractivity (Wildman–Crippen MR) is 75.7 cm³/mol. The second-order valence-corrected chi connectivity index (χ2v) is 6.29. The van der Waals surface area contributed by atoms with Crippen molar-refractivity contribution in [3.63, 3.8) is 0 Å². The quantitative estimate of drug-likeness (QED) is 0.805. The van der Waals surface area contributed by atoms with Crippen molar-refractivity contribution in [2.45, 2.75) is 51.6 Å². The van der Waals surface area contributed by atoms with Crippen LogP contribution in [0.25, 0.3) is 0 Å². The molecule has 0 aromatic heterocycles. The van der Waals surface area contributed by atoms with Crippen LogP contribution in [0, 0.1) is 12.3 Å². The highest BCUT2D eigenvalue weighted by atomic mass is 35.5. The molecule has 19 heavy (non-hydrogen) atoms. The maximum absolute atomic E-state index is 12.0. The second kappa shape index (κ2) is 4.82. The van der Waals surface area contributed by atoms with E-state index in [2.05, 4.69) is 0 Å². The van der Waals surface area contributed by atoms with Crippen LogP contribution in [0.5, 0.6) is 5.75 Å². The number of benzene rings is 1. The third-order valence-corrected chi connectivity index (χ3v) is 4.96. The van der Waals surface area contributed by atoms with Gasteiger partial charge in [-0.2, -0.15) is 0 Å². The van der Waals surface area contributed by atoms with Crippen molar-refractivity contribution in [3.05, 3.63) is 28.8 Å². The predicted octanol–water partition coefficient (Wildman–Crippen LogP) is 4.32. The van der Waals surface area contributed by atoms with Gasteiger partial charge in [0.2, 0.25) is 0 Å². The molecule has 0 aliphatic heterocycles. The summed E-state index contributed by atoms with van der Waals surface area (Å²) >= 11 is 6.18. The van der Waals surface area contributed by atoms with Crippen molar-refractivity contribution < 1.29 is 9.53 Å². The molecular formula is C16H19ClO2. The molecule has 1 atom stereocenters. The first-order valence-corrected chi connectivity index (χ1v) is 7.46. The molecule has 1 unspecified atom stereocenters. The number of Topliss-reactive ketones (excluding diaryl/α,β-unsaturated/α-hetero) is 1. The number of carbonyl (C=O) groups is 1. The van der Waals surface area contributed by atoms with Crippen molar-refractivity contribution in [1.82, 2.24) is 0 Å². The first-order valence-electron chi connectivity index (χ1n) is 7.08. The molecule has 0 N–H and O–H groups in total. The third-order valence-electron chi connectivity index (χ3n) is 4.64. The number of ketones is 1. The summed E-state index contributed by atoms with van der Waals surface area (Å²) in [6.07, 6.45) is 6.08. The van der Waals surface area contributed by atoms with Gasteiger partial charge in [-0.15, -0.1) is 0 Å². The normalized spacial score (nSPS) is 25.2. The van der Waals surface area contributed by atoms with Gasteiger partial charge in [-0.1, -0.05) is 36.9 Å². The fourth-order valence-corrected chi connectivity index (χ4v) is 3.57. The number of rotatable bonds is 2. The molecule has 102 valence electrons. The van der Waals surface area contributed by atoms with Gasteiger partial charge in [0, 0.05) is 6.42 Å². The van der Waals surface area contributed by atoms with Crippen LogP contribution in [0.4, 0.5) is 0 Å². The average molecular weight is 279 g/mol. The highest BCUT2D eigenvalue weighted by Crippen LogP contribution is 2.51. The third kappa shape index (κ3) is 2.16. The first kappa shape index (κ1) is 13.0. The monoisotopic (exact) mass is 278 g/mol. The molecule has 0 amide bonds. The molecule has 1 aromatic carbocycles. The van der Waals surface area contributed by atoms with Gasteiger partial charge in [0.1, 0.15) is 17.6 Å². The van der Waals surface area contributed by atoms with Crippen molar-refractivity contribution in [3.8, 4) is 5.75 Å². The summed E-state index contributed by atoms with van der Waals surface area (Å²) < 4.78 is 6.07. The summed E-state index contributed by atoms with van der Waals surface area (Å²) in [4.78, 5) is 12.0. The van der Waals surface area contributed by atoms with Crippen LogP contribution in [0.3, 0.4) is 0 Å².